The van der Waals surface area contributed by atoms with E-state index in [9.17, 15) is 35.5 Å². The summed E-state index contributed by atoms with van der Waals surface area (Å²) in [5, 5.41) is 0. The molecule has 1 nitrogen and oxygen atoms in total. The fourth-order valence-corrected chi connectivity index (χ4v) is 2.00. The highest BCUT2D eigenvalue weighted by Gasteiger charge is 2.60. The Hall–Kier alpha value is -1.12. The normalized spacial score (nSPS) is 12.8. The van der Waals surface area contributed by atoms with Gasteiger partial charge < -0.3 is 0 Å². The fourth-order valence-electron chi connectivity index (χ4n) is 1.51. The number of ketones is 1. The molecule has 0 amide bonds. The fraction of sp³-hybridized carbons (Fsp3) is 0.364. The van der Waals surface area contributed by atoms with Crippen LogP contribution in [0.15, 0.2) is 22.7 Å². The van der Waals surface area contributed by atoms with Crippen LogP contribution >= 0.6 is 15.9 Å². The summed E-state index contributed by atoms with van der Waals surface area (Å²) in [5.74, 6) is -6.83. The van der Waals surface area contributed by atoms with Crippen LogP contribution in [0.25, 0.3) is 0 Å². The Bertz CT molecular complexity index is 492. The first-order chi connectivity index (χ1) is 8.93. The number of hydrogen-bond acceptors (Lipinski definition) is 1. The molecule has 0 aliphatic heterocycles. The number of rotatable bonds is 3. The molecule has 9 heteroatoms. The molecule has 0 aromatic heterocycles. The molecule has 0 aliphatic carbocycles. The molecule has 20 heavy (non-hydrogen) atoms. The van der Waals surface area contributed by atoms with Crippen LogP contribution in [0.5, 0.6) is 0 Å². The van der Waals surface area contributed by atoms with E-state index in [0.717, 1.165) is 18.2 Å². The van der Waals surface area contributed by atoms with Crippen LogP contribution in [0.4, 0.5) is 30.7 Å². The Labute approximate surface area is 116 Å². The van der Waals surface area contributed by atoms with Crippen LogP contribution in [0.2, 0.25) is 0 Å². The lowest BCUT2D eigenvalue weighted by atomic mass is 9.96. The zero-order valence-corrected chi connectivity index (χ0v) is 11.0. The average molecular weight is 367 g/mol. The number of carbonyl (C=O) groups excluding carboxylic acids is 1. The molecule has 0 saturated carbocycles. The molecule has 112 valence electrons. The molecule has 0 atom stereocenters. The number of hydrogen-bond donors (Lipinski definition) is 0. The summed E-state index contributed by atoms with van der Waals surface area (Å²) in [6.07, 6.45) is -12.5. The minimum Gasteiger partial charge on any atom is -0.298 e. The molecular formula is C11H6BrF7O. The second kappa shape index (κ2) is 5.71. The first-order valence-corrected chi connectivity index (χ1v) is 5.82. The van der Waals surface area contributed by atoms with Crippen molar-refractivity contribution >= 4 is 21.7 Å². The van der Waals surface area contributed by atoms with Crippen molar-refractivity contribution in [1.82, 2.24) is 0 Å². The monoisotopic (exact) mass is 366 g/mol. The van der Waals surface area contributed by atoms with Gasteiger partial charge in [0.2, 0.25) is 5.92 Å². The summed E-state index contributed by atoms with van der Waals surface area (Å²) in [4.78, 5) is 11.3. The van der Waals surface area contributed by atoms with Gasteiger partial charge in [0.05, 0.1) is 0 Å². The van der Waals surface area contributed by atoms with Gasteiger partial charge in [-0.15, -0.1) is 0 Å². The Kier molecular flexibility index (Phi) is 4.83. The number of halogens is 8. The lowest BCUT2D eigenvalue weighted by Gasteiger charge is -2.21. The Morgan fingerprint density at radius 2 is 1.60 bits per heavy atom. The van der Waals surface area contributed by atoms with Gasteiger partial charge in [-0.05, 0) is 17.7 Å². The van der Waals surface area contributed by atoms with Crippen molar-refractivity contribution in [3.8, 4) is 0 Å². The molecule has 0 aliphatic rings. The van der Waals surface area contributed by atoms with Gasteiger partial charge in [0, 0.05) is 10.9 Å². The summed E-state index contributed by atoms with van der Waals surface area (Å²) < 4.78 is 86.6. The maximum absolute atomic E-state index is 12.7. The second-order valence-electron chi connectivity index (χ2n) is 3.90. The smallest absolute Gasteiger partial charge is 0.298 e. The SMILES string of the molecule is O=C(Cc1ccc(F)cc1Br)C(C(F)(F)F)C(F)(F)F. The van der Waals surface area contributed by atoms with Crippen molar-refractivity contribution in [1.29, 1.82) is 0 Å². The molecule has 1 aromatic rings. The minimum absolute atomic E-state index is 0.0750. The second-order valence-corrected chi connectivity index (χ2v) is 4.75. The van der Waals surface area contributed by atoms with Gasteiger partial charge in [-0.2, -0.15) is 26.3 Å². The van der Waals surface area contributed by atoms with E-state index in [0.29, 0.717) is 0 Å². The molecule has 0 spiro atoms. The topological polar surface area (TPSA) is 17.1 Å². The van der Waals surface area contributed by atoms with Gasteiger partial charge in [-0.25, -0.2) is 4.39 Å². The van der Waals surface area contributed by atoms with Crippen molar-refractivity contribution in [2.45, 2.75) is 18.8 Å². The minimum atomic E-state index is -5.72. The molecule has 0 N–H and O–H groups in total. The maximum Gasteiger partial charge on any atom is 0.407 e. The van der Waals surface area contributed by atoms with E-state index in [1.165, 1.54) is 0 Å². The third-order valence-electron chi connectivity index (χ3n) is 2.36. The van der Waals surface area contributed by atoms with Gasteiger partial charge in [-0.1, -0.05) is 22.0 Å². The van der Waals surface area contributed by atoms with Crippen molar-refractivity contribution < 1.29 is 35.5 Å². The summed E-state index contributed by atoms with van der Waals surface area (Å²) in [6, 6.07) is 2.63. The number of alkyl halides is 6. The number of Topliss-reactive ketones (excluding diaryl/α,β-unsaturated/α-hetero) is 1. The summed E-state index contributed by atoms with van der Waals surface area (Å²) in [6.45, 7) is 0. The van der Waals surface area contributed by atoms with E-state index in [1.807, 2.05) is 0 Å². The quantitative estimate of drug-likeness (QED) is 0.722. The summed E-state index contributed by atoms with van der Waals surface area (Å²) in [7, 11) is 0. The van der Waals surface area contributed by atoms with Gasteiger partial charge >= 0.3 is 12.4 Å². The first kappa shape index (κ1) is 16.9. The largest absolute Gasteiger partial charge is 0.407 e. The van der Waals surface area contributed by atoms with E-state index in [4.69, 9.17) is 0 Å². The Morgan fingerprint density at radius 1 is 1.10 bits per heavy atom. The average Bonchev–Trinajstić information content (AvgIpc) is 2.17. The van der Waals surface area contributed by atoms with Gasteiger partial charge in [0.15, 0.2) is 5.78 Å². The highest BCUT2D eigenvalue weighted by molar-refractivity contribution is 9.10. The maximum atomic E-state index is 12.7. The van der Waals surface area contributed by atoms with Crippen LogP contribution < -0.4 is 0 Å². The van der Waals surface area contributed by atoms with Crippen LogP contribution in [0, 0.1) is 11.7 Å². The van der Waals surface area contributed by atoms with Crippen molar-refractivity contribution in [2.75, 3.05) is 0 Å². The van der Waals surface area contributed by atoms with Crippen LogP contribution in [-0.2, 0) is 11.2 Å². The van der Waals surface area contributed by atoms with Gasteiger partial charge in [-0.3, -0.25) is 4.79 Å². The highest BCUT2D eigenvalue weighted by Crippen LogP contribution is 2.40. The van der Waals surface area contributed by atoms with Crippen molar-refractivity contribution in [3.05, 3.63) is 34.1 Å². The zero-order valence-electron chi connectivity index (χ0n) is 9.45. The van der Waals surface area contributed by atoms with E-state index in [2.05, 4.69) is 15.9 Å². The van der Waals surface area contributed by atoms with Crippen LogP contribution in [-0.4, -0.2) is 18.1 Å². The molecule has 0 bridgehead atoms. The van der Waals surface area contributed by atoms with E-state index in [-0.39, 0.29) is 10.0 Å². The van der Waals surface area contributed by atoms with E-state index in [1.54, 1.807) is 0 Å². The lowest BCUT2D eigenvalue weighted by molar-refractivity contribution is -0.273. The summed E-state index contributed by atoms with van der Waals surface area (Å²) in [5.41, 5.74) is -0.157. The van der Waals surface area contributed by atoms with Crippen molar-refractivity contribution in [2.24, 2.45) is 5.92 Å². The number of carbonyl (C=O) groups is 1. The van der Waals surface area contributed by atoms with Crippen LogP contribution in [0.3, 0.4) is 0 Å². The molecule has 0 radical (unpaired) electrons. The van der Waals surface area contributed by atoms with E-state index >= 15 is 0 Å². The molecule has 0 fully saturated rings. The Balaban J connectivity index is 3.04. The first-order valence-electron chi connectivity index (χ1n) is 5.03. The summed E-state index contributed by atoms with van der Waals surface area (Å²) >= 11 is 2.77. The number of benzene rings is 1. The van der Waals surface area contributed by atoms with Crippen LogP contribution in [0.1, 0.15) is 5.56 Å². The van der Waals surface area contributed by atoms with E-state index < -0.39 is 36.3 Å². The zero-order chi connectivity index (χ0) is 15.7. The molecule has 0 saturated heterocycles. The molecule has 0 unspecified atom stereocenters. The van der Waals surface area contributed by atoms with Crippen molar-refractivity contribution in [3.63, 3.8) is 0 Å². The molecule has 0 heterocycles. The predicted molar refractivity (Wildman–Crippen MR) is 58.4 cm³/mol. The highest BCUT2D eigenvalue weighted by atomic mass is 79.9. The van der Waals surface area contributed by atoms with Gasteiger partial charge in [0.1, 0.15) is 5.82 Å². The van der Waals surface area contributed by atoms with Gasteiger partial charge in [0.25, 0.3) is 0 Å². The Morgan fingerprint density at radius 3 is 2.00 bits per heavy atom. The standard InChI is InChI=1S/C11H6BrF7O/c12-7-4-6(13)2-1-5(7)3-8(20)9(10(14,15)16)11(17,18)19/h1-2,4,9H,3H2. The molecular weight excluding hydrogens is 361 g/mol. The lowest BCUT2D eigenvalue weighted by Crippen LogP contribution is -2.43. The molecule has 1 rings (SSSR count). The third-order valence-corrected chi connectivity index (χ3v) is 3.09. The third kappa shape index (κ3) is 4.19. The molecule has 1 aromatic carbocycles. The predicted octanol–water partition coefficient (Wildman–Crippen LogP) is 4.44.